The fourth-order valence-corrected chi connectivity index (χ4v) is 3.59. The van der Waals surface area contributed by atoms with Crippen molar-refractivity contribution in [2.75, 3.05) is 31.4 Å². The number of rotatable bonds is 10. The standard InChI is InChI=1S/C28H25F2N5O5/c1-4-32-35-26(27(36)33-17-7-5-16(29)6-8-17)28(37)34-18-9-10-23(20(30)13-18)40-22-11-12-31-21-15-25(39-3)24(38-2)14-19(21)22/h5-15,32H,4H2,1-3H3,(H,33,36)(H,34,37)/b35-26+. The van der Waals surface area contributed by atoms with Gasteiger partial charge in [-0.25, -0.2) is 8.78 Å². The first-order valence-electron chi connectivity index (χ1n) is 12.0. The van der Waals surface area contributed by atoms with Crippen LogP contribution in [0.4, 0.5) is 20.2 Å². The first-order valence-corrected chi connectivity index (χ1v) is 12.0. The van der Waals surface area contributed by atoms with E-state index >= 15 is 4.39 Å². The van der Waals surface area contributed by atoms with E-state index < -0.39 is 29.2 Å². The summed E-state index contributed by atoms with van der Waals surface area (Å²) in [5.74, 6) is -1.86. The average Bonchev–Trinajstić information content (AvgIpc) is 2.95. The van der Waals surface area contributed by atoms with Gasteiger partial charge in [0, 0.05) is 41.6 Å². The van der Waals surface area contributed by atoms with Gasteiger partial charge in [0.2, 0.25) is 5.71 Å². The number of hydrogen-bond donors (Lipinski definition) is 3. The topological polar surface area (TPSA) is 123 Å². The largest absolute Gasteiger partial charge is 0.493 e. The average molecular weight is 550 g/mol. The Balaban J connectivity index is 1.52. The second-order valence-electron chi connectivity index (χ2n) is 8.17. The molecule has 12 heteroatoms. The van der Waals surface area contributed by atoms with E-state index in [1.54, 1.807) is 25.1 Å². The van der Waals surface area contributed by atoms with Crippen molar-refractivity contribution in [3.05, 3.63) is 78.5 Å². The highest BCUT2D eigenvalue weighted by Crippen LogP contribution is 2.37. The van der Waals surface area contributed by atoms with Crippen molar-refractivity contribution in [3.63, 3.8) is 0 Å². The molecule has 0 aliphatic rings. The van der Waals surface area contributed by atoms with Gasteiger partial charge in [0.05, 0.1) is 19.7 Å². The lowest BCUT2D eigenvalue weighted by atomic mass is 10.1. The molecule has 2 amide bonds. The highest BCUT2D eigenvalue weighted by molar-refractivity contribution is 6.69. The smallest absolute Gasteiger partial charge is 0.281 e. The number of nitrogens with one attached hydrogen (secondary N) is 3. The molecule has 0 aliphatic heterocycles. The molecule has 0 bridgehead atoms. The molecule has 4 rings (SSSR count). The van der Waals surface area contributed by atoms with Gasteiger partial charge in [-0.3, -0.25) is 14.6 Å². The van der Waals surface area contributed by atoms with Crippen molar-refractivity contribution < 1.29 is 32.6 Å². The number of hydrogen-bond acceptors (Lipinski definition) is 8. The molecule has 0 saturated heterocycles. The van der Waals surface area contributed by atoms with Gasteiger partial charge in [0.1, 0.15) is 11.6 Å². The molecule has 1 heterocycles. The third kappa shape index (κ3) is 6.41. The lowest BCUT2D eigenvalue weighted by Crippen LogP contribution is -2.36. The number of nitrogens with zero attached hydrogens (tertiary/aromatic N) is 2. The maximum Gasteiger partial charge on any atom is 0.281 e. The maximum absolute atomic E-state index is 15.0. The normalized spacial score (nSPS) is 11.1. The Kier molecular flexibility index (Phi) is 8.69. The summed E-state index contributed by atoms with van der Waals surface area (Å²) in [7, 11) is 3.00. The van der Waals surface area contributed by atoms with Gasteiger partial charge in [-0.1, -0.05) is 0 Å². The molecule has 206 valence electrons. The molecule has 4 aromatic rings. The predicted octanol–water partition coefficient (Wildman–Crippen LogP) is 4.87. The maximum atomic E-state index is 15.0. The second-order valence-corrected chi connectivity index (χ2v) is 8.17. The van der Waals surface area contributed by atoms with Crippen molar-refractivity contribution in [1.29, 1.82) is 0 Å². The number of benzene rings is 3. The van der Waals surface area contributed by atoms with Crippen LogP contribution in [0.3, 0.4) is 0 Å². The Hall–Kier alpha value is -5.26. The molecule has 3 aromatic carbocycles. The molecule has 0 radical (unpaired) electrons. The minimum Gasteiger partial charge on any atom is -0.493 e. The fourth-order valence-electron chi connectivity index (χ4n) is 3.59. The second kappa shape index (κ2) is 12.5. The Morgan fingerprint density at radius 3 is 2.12 bits per heavy atom. The number of aromatic nitrogens is 1. The quantitative estimate of drug-likeness (QED) is 0.147. The van der Waals surface area contributed by atoms with Crippen molar-refractivity contribution in [2.45, 2.75) is 6.92 Å². The van der Waals surface area contributed by atoms with Crippen molar-refractivity contribution in [1.82, 2.24) is 10.4 Å². The van der Waals surface area contributed by atoms with Crippen LogP contribution in [0.5, 0.6) is 23.0 Å². The van der Waals surface area contributed by atoms with E-state index in [1.165, 1.54) is 44.7 Å². The first kappa shape index (κ1) is 27.8. The van der Waals surface area contributed by atoms with E-state index in [9.17, 15) is 14.0 Å². The predicted molar refractivity (Wildman–Crippen MR) is 146 cm³/mol. The van der Waals surface area contributed by atoms with E-state index in [4.69, 9.17) is 14.2 Å². The van der Waals surface area contributed by atoms with Crippen LogP contribution < -0.4 is 30.3 Å². The molecule has 0 atom stereocenters. The zero-order valence-corrected chi connectivity index (χ0v) is 21.7. The molecule has 0 fully saturated rings. The van der Waals surface area contributed by atoms with Crippen molar-refractivity contribution >= 4 is 39.8 Å². The number of carbonyl (C=O) groups is 2. The highest BCUT2D eigenvalue weighted by atomic mass is 19.1. The molecule has 0 spiro atoms. The minimum absolute atomic E-state index is 0.0552. The Morgan fingerprint density at radius 2 is 1.48 bits per heavy atom. The summed E-state index contributed by atoms with van der Waals surface area (Å²) in [5, 5.41) is 9.31. The van der Waals surface area contributed by atoms with Gasteiger partial charge in [0.25, 0.3) is 11.8 Å². The summed E-state index contributed by atoms with van der Waals surface area (Å²) >= 11 is 0. The van der Waals surface area contributed by atoms with E-state index in [0.717, 1.165) is 18.2 Å². The van der Waals surface area contributed by atoms with Gasteiger partial charge in [-0.05, 0) is 55.5 Å². The van der Waals surface area contributed by atoms with Crippen LogP contribution in [0.2, 0.25) is 0 Å². The lowest BCUT2D eigenvalue weighted by molar-refractivity contribution is -0.114. The van der Waals surface area contributed by atoms with Crippen LogP contribution in [-0.4, -0.2) is 43.3 Å². The lowest BCUT2D eigenvalue weighted by Gasteiger charge is -2.13. The van der Waals surface area contributed by atoms with Crippen LogP contribution in [0, 0.1) is 11.6 Å². The van der Waals surface area contributed by atoms with Gasteiger partial charge in [-0.15, -0.1) is 0 Å². The number of hydrazone groups is 1. The third-order valence-corrected chi connectivity index (χ3v) is 5.50. The van der Waals surface area contributed by atoms with Gasteiger partial charge >= 0.3 is 0 Å². The van der Waals surface area contributed by atoms with Gasteiger partial charge in [-0.2, -0.15) is 5.10 Å². The van der Waals surface area contributed by atoms with E-state index in [0.29, 0.717) is 34.7 Å². The molecule has 3 N–H and O–H groups in total. The van der Waals surface area contributed by atoms with Gasteiger partial charge in [0.15, 0.2) is 23.1 Å². The molecule has 40 heavy (non-hydrogen) atoms. The zero-order chi connectivity index (χ0) is 28.6. The molecule has 0 unspecified atom stereocenters. The molecule has 0 saturated carbocycles. The summed E-state index contributed by atoms with van der Waals surface area (Å²) in [6.07, 6.45) is 1.51. The zero-order valence-electron chi connectivity index (χ0n) is 21.7. The van der Waals surface area contributed by atoms with Crippen molar-refractivity contribution in [3.8, 4) is 23.0 Å². The SMILES string of the molecule is CCN/N=C(\C(=O)Nc1ccc(F)cc1)C(=O)Nc1ccc(Oc2ccnc3cc(OC)c(OC)cc23)c(F)c1. The third-order valence-electron chi connectivity index (χ3n) is 5.50. The summed E-state index contributed by atoms with van der Waals surface area (Å²) in [6.45, 7) is 2.06. The number of anilines is 2. The highest BCUT2D eigenvalue weighted by Gasteiger charge is 2.22. The van der Waals surface area contributed by atoms with Crippen LogP contribution in [0.25, 0.3) is 10.9 Å². The summed E-state index contributed by atoms with van der Waals surface area (Å²) in [5.41, 5.74) is 2.91. The van der Waals surface area contributed by atoms with Gasteiger partial charge < -0.3 is 30.3 Å². The Morgan fingerprint density at radius 1 is 0.825 bits per heavy atom. The van der Waals surface area contributed by atoms with Crippen LogP contribution >= 0.6 is 0 Å². The summed E-state index contributed by atoms with van der Waals surface area (Å²) in [4.78, 5) is 29.9. The number of amides is 2. The molecular formula is C28H25F2N5O5. The fraction of sp³-hybridized carbons (Fsp3) is 0.143. The van der Waals surface area contributed by atoms with E-state index in [1.807, 2.05) is 0 Å². The number of carbonyl (C=O) groups excluding carboxylic acids is 2. The number of pyridine rings is 1. The minimum atomic E-state index is -0.894. The van der Waals surface area contributed by atoms with Crippen LogP contribution in [-0.2, 0) is 9.59 Å². The molecular weight excluding hydrogens is 524 g/mol. The molecule has 1 aromatic heterocycles. The Bertz CT molecular complexity index is 1580. The Labute approximate surface area is 228 Å². The van der Waals surface area contributed by atoms with Crippen molar-refractivity contribution in [2.24, 2.45) is 5.10 Å². The number of ether oxygens (including phenoxy) is 3. The summed E-state index contributed by atoms with van der Waals surface area (Å²) in [6, 6.07) is 13.7. The van der Waals surface area contributed by atoms with E-state index in [-0.39, 0.29) is 17.1 Å². The monoisotopic (exact) mass is 549 g/mol. The first-order chi connectivity index (χ1) is 19.3. The van der Waals surface area contributed by atoms with Crippen LogP contribution in [0.15, 0.2) is 72.0 Å². The summed E-state index contributed by atoms with van der Waals surface area (Å²) < 4.78 is 44.7. The van der Waals surface area contributed by atoms with Crippen LogP contribution in [0.1, 0.15) is 6.92 Å². The molecule has 0 aliphatic carbocycles. The van der Waals surface area contributed by atoms with E-state index in [2.05, 4.69) is 26.1 Å². The number of fused-ring (bicyclic) bond motifs is 1. The number of methoxy groups -OCH3 is 2. The molecule has 10 nitrogen and oxygen atoms in total. The number of halogens is 2.